The number of nitrogens with zero attached hydrogens (tertiary/aromatic N) is 2. The van der Waals surface area contributed by atoms with E-state index in [0.717, 1.165) is 16.6 Å². The summed E-state index contributed by atoms with van der Waals surface area (Å²) >= 11 is 12.9. The normalized spacial score (nSPS) is 10.9. The van der Waals surface area contributed by atoms with Crippen LogP contribution in [0.4, 0.5) is 5.69 Å². The molecule has 2 aromatic carbocycles. The number of carbonyl (C=O) groups excluding carboxylic acids is 1. The van der Waals surface area contributed by atoms with Crippen LogP contribution in [0.3, 0.4) is 0 Å². The number of benzene rings is 2. The number of aromatic nitrogens is 1. The minimum absolute atomic E-state index is 0.0812. The average molecular weight is 403 g/mol. The van der Waals surface area contributed by atoms with E-state index in [0.29, 0.717) is 33.6 Å². The Morgan fingerprint density at radius 1 is 1.15 bits per heavy atom. The summed E-state index contributed by atoms with van der Waals surface area (Å²) in [4.78, 5) is 18.0. The first-order valence-electron chi connectivity index (χ1n) is 8.66. The summed E-state index contributed by atoms with van der Waals surface area (Å²) in [7, 11) is 0. The van der Waals surface area contributed by atoms with Gasteiger partial charge >= 0.3 is 0 Å². The van der Waals surface area contributed by atoms with Crippen LogP contribution in [0.5, 0.6) is 5.75 Å². The Hall–Kier alpha value is -2.30. The number of amides is 1. The Morgan fingerprint density at radius 2 is 1.93 bits per heavy atom. The van der Waals surface area contributed by atoms with Crippen molar-refractivity contribution in [3.63, 3.8) is 0 Å². The van der Waals surface area contributed by atoms with Crippen molar-refractivity contribution in [2.24, 2.45) is 0 Å². The van der Waals surface area contributed by atoms with E-state index in [1.165, 1.54) is 6.92 Å². The van der Waals surface area contributed by atoms with Crippen molar-refractivity contribution < 1.29 is 9.53 Å². The number of hydrogen-bond donors (Lipinski definition) is 0. The lowest BCUT2D eigenvalue weighted by Crippen LogP contribution is -2.28. The molecule has 0 saturated heterocycles. The number of ether oxygens (including phenoxy) is 1. The molecule has 1 amide bonds. The van der Waals surface area contributed by atoms with Gasteiger partial charge in [0.05, 0.1) is 10.7 Å². The van der Waals surface area contributed by atoms with Crippen LogP contribution in [-0.2, 0) is 11.4 Å². The van der Waals surface area contributed by atoms with Crippen LogP contribution >= 0.6 is 23.2 Å². The molecule has 0 saturated carbocycles. The number of para-hydroxylation sites is 1. The predicted molar refractivity (Wildman–Crippen MR) is 111 cm³/mol. The summed E-state index contributed by atoms with van der Waals surface area (Å²) in [6.07, 6.45) is 0. The summed E-state index contributed by atoms with van der Waals surface area (Å²) in [5.74, 6) is 0.579. The van der Waals surface area contributed by atoms with Crippen molar-refractivity contribution in [3.8, 4) is 5.75 Å². The van der Waals surface area contributed by atoms with Gasteiger partial charge in [0.15, 0.2) is 0 Å². The number of hydrogen-bond acceptors (Lipinski definition) is 3. The molecule has 0 radical (unpaired) electrons. The monoisotopic (exact) mass is 402 g/mol. The highest BCUT2D eigenvalue weighted by atomic mass is 35.5. The van der Waals surface area contributed by atoms with Crippen LogP contribution in [0.25, 0.3) is 10.9 Å². The largest absolute Gasteiger partial charge is 0.487 e. The molecule has 0 spiro atoms. The fraction of sp³-hybridized carbons (Fsp3) is 0.238. The number of pyridine rings is 1. The van der Waals surface area contributed by atoms with Crippen LogP contribution in [0.2, 0.25) is 10.0 Å². The first-order valence-corrected chi connectivity index (χ1v) is 9.42. The molecule has 0 aliphatic carbocycles. The molecule has 4 nitrogen and oxygen atoms in total. The number of halogens is 2. The molecule has 140 valence electrons. The summed E-state index contributed by atoms with van der Waals surface area (Å²) in [5.41, 5.74) is 2.97. The van der Waals surface area contributed by atoms with E-state index < -0.39 is 0 Å². The topological polar surface area (TPSA) is 42.4 Å². The lowest BCUT2D eigenvalue weighted by Gasteiger charge is -2.22. The Balaban J connectivity index is 1.95. The molecule has 0 fully saturated rings. The van der Waals surface area contributed by atoms with E-state index in [9.17, 15) is 4.79 Å². The first kappa shape index (κ1) is 19.5. The molecule has 0 aliphatic rings. The van der Waals surface area contributed by atoms with E-state index in [-0.39, 0.29) is 12.5 Å². The van der Waals surface area contributed by atoms with Gasteiger partial charge in [-0.15, -0.1) is 0 Å². The van der Waals surface area contributed by atoms with Crippen molar-refractivity contribution in [1.29, 1.82) is 0 Å². The molecule has 3 aromatic rings. The highest BCUT2D eigenvalue weighted by Gasteiger charge is 2.18. The minimum Gasteiger partial charge on any atom is -0.487 e. The van der Waals surface area contributed by atoms with E-state index in [2.05, 4.69) is 4.98 Å². The summed E-state index contributed by atoms with van der Waals surface area (Å²) in [6.45, 7) is 6.04. The van der Waals surface area contributed by atoms with Crippen molar-refractivity contribution in [3.05, 3.63) is 63.8 Å². The number of fused-ring (bicyclic) bond motifs is 1. The third-order valence-electron chi connectivity index (χ3n) is 4.35. The number of carbonyl (C=O) groups is 1. The van der Waals surface area contributed by atoms with E-state index in [4.69, 9.17) is 27.9 Å². The quantitative estimate of drug-likeness (QED) is 0.541. The Morgan fingerprint density at radius 3 is 2.63 bits per heavy atom. The third kappa shape index (κ3) is 4.02. The molecule has 1 aromatic heterocycles. The zero-order chi connectivity index (χ0) is 19.6. The van der Waals surface area contributed by atoms with E-state index in [1.807, 2.05) is 44.2 Å². The molecule has 27 heavy (non-hydrogen) atoms. The predicted octanol–water partition coefficient (Wildman–Crippen LogP) is 5.80. The molecule has 6 heteroatoms. The van der Waals surface area contributed by atoms with Crippen LogP contribution in [0.1, 0.15) is 25.1 Å². The van der Waals surface area contributed by atoms with Crippen molar-refractivity contribution in [2.75, 3.05) is 11.4 Å². The van der Waals surface area contributed by atoms with Crippen LogP contribution in [-0.4, -0.2) is 17.4 Å². The van der Waals surface area contributed by atoms with E-state index in [1.54, 1.807) is 17.0 Å². The fourth-order valence-electron chi connectivity index (χ4n) is 2.97. The minimum atomic E-state index is -0.0812. The van der Waals surface area contributed by atoms with Gasteiger partial charge in [-0.2, -0.15) is 0 Å². The Labute approximate surface area is 168 Å². The van der Waals surface area contributed by atoms with Crippen LogP contribution in [0.15, 0.2) is 42.5 Å². The molecular formula is C21H20Cl2N2O2. The van der Waals surface area contributed by atoms with Gasteiger partial charge in [0.2, 0.25) is 5.91 Å². The smallest absolute Gasteiger partial charge is 0.223 e. The third-order valence-corrected chi connectivity index (χ3v) is 5.12. The number of anilines is 1. The molecule has 3 rings (SSSR count). The zero-order valence-corrected chi connectivity index (χ0v) is 16.9. The highest BCUT2D eigenvalue weighted by molar-refractivity contribution is 6.38. The molecule has 1 heterocycles. The summed E-state index contributed by atoms with van der Waals surface area (Å²) in [6, 6.07) is 13.2. The van der Waals surface area contributed by atoms with E-state index >= 15 is 0 Å². The second-order valence-electron chi connectivity index (χ2n) is 6.19. The standard InChI is InChI=1S/C21H20Cl2N2O2/c1-4-25(14(3)26)18-11-10-17(22)16(20(18)23)12-27-19-7-5-6-15-9-8-13(2)24-21(15)19/h5-11H,4,12H2,1-3H3. The van der Waals surface area contributed by atoms with Gasteiger partial charge in [0.25, 0.3) is 0 Å². The Kier molecular flexibility index (Phi) is 5.88. The van der Waals surface area contributed by atoms with Gasteiger partial charge in [0, 0.05) is 35.1 Å². The maximum atomic E-state index is 11.9. The summed E-state index contributed by atoms with van der Waals surface area (Å²) in [5, 5.41) is 1.91. The molecule has 0 atom stereocenters. The zero-order valence-electron chi connectivity index (χ0n) is 15.4. The number of aryl methyl sites for hydroxylation is 1. The lowest BCUT2D eigenvalue weighted by molar-refractivity contribution is -0.116. The number of rotatable bonds is 5. The average Bonchev–Trinajstić information content (AvgIpc) is 2.64. The molecule has 0 bridgehead atoms. The van der Waals surface area contributed by atoms with Gasteiger partial charge in [-0.1, -0.05) is 41.4 Å². The van der Waals surface area contributed by atoms with Gasteiger partial charge in [-0.25, -0.2) is 4.98 Å². The second kappa shape index (κ2) is 8.15. The maximum Gasteiger partial charge on any atom is 0.223 e. The van der Waals surface area contributed by atoms with Gasteiger partial charge in [-0.3, -0.25) is 4.79 Å². The van der Waals surface area contributed by atoms with Gasteiger partial charge in [-0.05, 0) is 38.1 Å². The Bertz CT molecular complexity index is 1000. The lowest BCUT2D eigenvalue weighted by atomic mass is 10.1. The maximum absolute atomic E-state index is 11.9. The molecule has 0 aliphatic heterocycles. The van der Waals surface area contributed by atoms with Crippen molar-refractivity contribution in [2.45, 2.75) is 27.4 Å². The second-order valence-corrected chi connectivity index (χ2v) is 6.98. The van der Waals surface area contributed by atoms with Gasteiger partial charge < -0.3 is 9.64 Å². The molecule has 0 N–H and O–H groups in total. The fourth-order valence-corrected chi connectivity index (χ4v) is 3.55. The summed E-state index contributed by atoms with van der Waals surface area (Å²) < 4.78 is 6.02. The van der Waals surface area contributed by atoms with Crippen LogP contribution in [0, 0.1) is 6.92 Å². The van der Waals surface area contributed by atoms with Crippen LogP contribution < -0.4 is 9.64 Å². The van der Waals surface area contributed by atoms with Gasteiger partial charge in [0.1, 0.15) is 17.9 Å². The molecular weight excluding hydrogens is 383 g/mol. The first-order chi connectivity index (χ1) is 12.9. The van der Waals surface area contributed by atoms with Crippen molar-refractivity contribution in [1.82, 2.24) is 4.98 Å². The van der Waals surface area contributed by atoms with Crippen molar-refractivity contribution >= 4 is 45.7 Å². The molecule has 0 unspecified atom stereocenters. The highest BCUT2D eigenvalue weighted by Crippen LogP contribution is 2.35. The SMILES string of the molecule is CCN(C(C)=O)c1ccc(Cl)c(COc2cccc3ccc(C)nc23)c1Cl.